The van der Waals surface area contributed by atoms with Gasteiger partial charge in [0, 0.05) is 37.1 Å². The molecule has 324 valence electrons. The van der Waals surface area contributed by atoms with E-state index in [9.17, 15) is 9.90 Å². The third-order valence-corrected chi connectivity index (χ3v) is 12.4. The van der Waals surface area contributed by atoms with Crippen LogP contribution in [0.5, 0.6) is 5.75 Å². The fraction of sp³-hybridized carbons (Fsp3) is 0.306. The first-order chi connectivity index (χ1) is 30.9. The molecule has 5 aromatic carbocycles. The number of hydrogen-bond acceptors (Lipinski definition) is 12. The van der Waals surface area contributed by atoms with Crippen molar-refractivity contribution in [2.45, 2.75) is 29.6 Å². The highest BCUT2D eigenvalue weighted by atomic mass is 16.6. The Hall–Kier alpha value is -6.58. The smallest absolute Gasteiger partial charge is 0.421 e. The van der Waals surface area contributed by atoms with Crippen molar-refractivity contribution in [1.82, 2.24) is 4.90 Å². The quantitative estimate of drug-likeness (QED) is 0.112. The Morgan fingerprint density at radius 1 is 0.778 bits per heavy atom. The molecule has 0 aliphatic carbocycles. The van der Waals surface area contributed by atoms with Gasteiger partial charge in [0.25, 0.3) is 0 Å². The van der Waals surface area contributed by atoms with Gasteiger partial charge >= 0.3 is 12.1 Å². The zero-order valence-electron chi connectivity index (χ0n) is 34.7. The molecule has 2 N–H and O–H groups in total. The van der Waals surface area contributed by atoms with E-state index in [-0.39, 0.29) is 32.1 Å². The summed E-state index contributed by atoms with van der Waals surface area (Å²) < 4.78 is 29.1. The Morgan fingerprint density at radius 2 is 1.44 bits per heavy atom. The second-order valence-electron chi connectivity index (χ2n) is 15.8. The number of amides is 3. The molecule has 0 unspecified atom stereocenters. The molecule has 14 nitrogen and oxygen atoms in total. The van der Waals surface area contributed by atoms with Crippen LogP contribution in [0.15, 0.2) is 133 Å². The van der Waals surface area contributed by atoms with Gasteiger partial charge in [-0.2, -0.15) is 0 Å². The second-order valence-corrected chi connectivity index (χ2v) is 15.8. The number of anilines is 3. The number of hydrogen-bond donors (Lipinski definition) is 2. The molecule has 0 radical (unpaired) electrons. The van der Waals surface area contributed by atoms with Gasteiger partial charge in [0.05, 0.1) is 50.1 Å². The van der Waals surface area contributed by atoms with Crippen molar-refractivity contribution in [2.24, 2.45) is 5.92 Å². The average Bonchev–Trinajstić information content (AvgIpc) is 3.78. The molecule has 4 aliphatic heterocycles. The molecule has 63 heavy (non-hydrogen) atoms. The van der Waals surface area contributed by atoms with Crippen molar-refractivity contribution in [3.8, 4) is 5.75 Å². The van der Waals surface area contributed by atoms with Gasteiger partial charge in [0.15, 0.2) is 0 Å². The molecule has 4 heterocycles. The zero-order valence-corrected chi connectivity index (χ0v) is 34.7. The molecule has 4 aliphatic rings. The number of para-hydroxylation sites is 2. The van der Waals surface area contributed by atoms with E-state index >= 15 is 14.4 Å². The van der Waals surface area contributed by atoms with Crippen molar-refractivity contribution in [2.75, 3.05) is 75.0 Å². The predicted molar refractivity (Wildman–Crippen MR) is 232 cm³/mol. The van der Waals surface area contributed by atoms with Crippen LogP contribution in [0.3, 0.4) is 0 Å². The van der Waals surface area contributed by atoms with E-state index < -0.39 is 59.4 Å². The minimum Gasteiger partial charge on any atom is -0.491 e. The Labute approximate surface area is 364 Å². The Balaban J connectivity index is 1.29. The summed E-state index contributed by atoms with van der Waals surface area (Å²) in [5.41, 5.74) is 1.87. The van der Waals surface area contributed by atoms with Gasteiger partial charge in [-0.05, 0) is 53.1 Å². The zero-order chi connectivity index (χ0) is 43.5. The fourth-order valence-electron chi connectivity index (χ4n) is 9.88. The van der Waals surface area contributed by atoms with Gasteiger partial charge in [-0.3, -0.25) is 19.3 Å². The Bertz CT molecular complexity index is 2450. The van der Waals surface area contributed by atoms with E-state index in [2.05, 4.69) is 10.2 Å². The first-order valence-corrected chi connectivity index (χ1v) is 21.1. The highest BCUT2D eigenvalue weighted by Crippen LogP contribution is 2.66. The number of carbonyl (C=O) groups excluding carboxylic acids is 4. The molecule has 6 atom stereocenters. The topological polar surface area (TPSA) is 156 Å². The summed E-state index contributed by atoms with van der Waals surface area (Å²) in [4.78, 5) is 66.5. The van der Waals surface area contributed by atoms with Crippen LogP contribution >= 0.6 is 0 Å². The van der Waals surface area contributed by atoms with Crippen LogP contribution in [0.4, 0.5) is 21.9 Å². The maximum atomic E-state index is 16.1. The number of ether oxygens (including phenoxy) is 5. The summed E-state index contributed by atoms with van der Waals surface area (Å²) in [5.74, 6) is -3.31. The second kappa shape index (κ2) is 18.0. The average molecular weight is 853 g/mol. The summed E-state index contributed by atoms with van der Waals surface area (Å²) in [5, 5.41) is 13.1. The molecular weight excluding hydrogens is 805 g/mol. The molecule has 0 aromatic heterocycles. The fourth-order valence-corrected chi connectivity index (χ4v) is 9.88. The molecule has 1 spiro atoms. The molecular formula is C49H48N4O10. The van der Waals surface area contributed by atoms with Crippen molar-refractivity contribution < 1.29 is 48.0 Å². The predicted octanol–water partition coefficient (Wildman–Crippen LogP) is 5.98. The number of esters is 1. The van der Waals surface area contributed by atoms with Crippen molar-refractivity contribution >= 4 is 40.9 Å². The van der Waals surface area contributed by atoms with Gasteiger partial charge < -0.3 is 39.0 Å². The van der Waals surface area contributed by atoms with Crippen LogP contribution in [0, 0.1) is 5.92 Å². The molecule has 5 aromatic rings. The summed E-state index contributed by atoms with van der Waals surface area (Å²) in [6.45, 7) is 2.21. The van der Waals surface area contributed by atoms with Gasteiger partial charge in [-0.1, -0.05) is 97.1 Å². The lowest BCUT2D eigenvalue weighted by Crippen LogP contribution is -2.54. The molecule has 3 saturated heterocycles. The van der Waals surface area contributed by atoms with Crippen LogP contribution in [0.2, 0.25) is 0 Å². The highest BCUT2D eigenvalue weighted by Gasteiger charge is 2.76. The van der Waals surface area contributed by atoms with Crippen molar-refractivity contribution in [1.29, 1.82) is 0 Å². The van der Waals surface area contributed by atoms with Crippen LogP contribution in [0.1, 0.15) is 40.4 Å². The maximum Gasteiger partial charge on any atom is 0.421 e. The first-order valence-electron chi connectivity index (χ1n) is 21.1. The number of aliphatic hydroxyl groups is 1. The van der Waals surface area contributed by atoms with E-state index in [0.29, 0.717) is 41.3 Å². The van der Waals surface area contributed by atoms with E-state index in [0.717, 1.165) is 29.2 Å². The van der Waals surface area contributed by atoms with Crippen molar-refractivity contribution in [3.63, 3.8) is 0 Å². The van der Waals surface area contributed by atoms with Gasteiger partial charge in [-0.15, -0.1) is 0 Å². The number of nitrogens with zero attached hydrogens (tertiary/aromatic N) is 3. The summed E-state index contributed by atoms with van der Waals surface area (Å²) in [7, 11) is 1.47. The number of benzene rings is 5. The molecule has 3 amide bonds. The molecule has 0 bridgehead atoms. The third-order valence-electron chi connectivity index (χ3n) is 12.4. The number of nitrogens with one attached hydrogen (secondary N) is 1. The molecule has 14 heteroatoms. The standard InChI is InChI=1S/C49H48N4O10/c1-59-30-31-62-48(58)52-38-18-10-9-17-37(38)49(47(52)57)40(45(55)50-34-20-22-35(23-21-34)51-24-27-60-28-25-51)42-46(56)63-43(33-14-6-3-7-15-33)41(32-12-4-2-5-13-32)53(42)44(49)36-16-8-11-19-39(36)61-29-26-54/h2-23,40-44,54H,24-31H2,1H3,(H,50,55)/t40-,41-,42-,43+,44+,49-/m1/s1. The molecule has 0 saturated carbocycles. The molecule has 9 rings (SSSR count). The number of morpholine rings is 2. The van der Waals surface area contributed by atoms with Gasteiger partial charge in [0.2, 0.25) is 11.8 Å². The number of cyclic esters (lactones) is 1. The molecule has 3 fully saturated rings. The summed E-state index contributed by atoms with van der Waals surface area (Å²) in [6, 6.07) is 36.9. The third kappa shape index (κ3) is 7.38. The maximum absolute atomic E-state index is 16.1. The largest absolute Gasteiger partial charge is 0.491 e. The van der Waals surface area contributed by atoms with E-state index in [1.807, 2.05) is 77.7 Å². The van der Waals surface area contributed by atoms with Crippen LogP contribution in [0.25, 0.3) is 0 Å². The van der Waals surface area contributed by atoms with E-state index in [1.54, 1.807) is 60.7 Å². The van der Waals surface area contributed by atoms with Crippen LogP contribution in [-0.4, -0.2) is 99.8 Å². The summed E-state index contributed by atoms with van der Waals surface area (Å²) in [6.07, 6.45) is -1.86. The lowest BCUT2D eigenvalue weighted by molar-refractivity contribution is -0.177. The number of rotatable bonds is 12. The Kier molecular flexibility index (Phi) is 11.9. The van der Waals surface area contributed by atoms with E-state index in [1.165, 1.54) is 7.11 Å². The van der Waals surface area contributed by atoms with Crippen molar-refractivity contribution in [3.05, 3.63) is 156 Å². The monoisotopic (exact) mass is 852 g/mol. The Morgan fingerprint density at radius 3 is 2.16 bits per heavy atom. The van der Waals surface area contributed by atoms with Crippen LogP contribution < -0.4 is 19.9 Å². The van der Waals surface area contributed by atoms with Gasteiger partial charge in [-0.25, -0.2) is 9.69 Å². The normalized spacial score (nSPS) is 24.1. The van der Waals surface area contributed by atoms with Crippen LogP contribution in [-0.2, 0) is 38.7 Å². The number of methoxy groups -OCH3 is 1. The minimum atomic E-state index is -1.99. The number of aliphatic hydroxyl groups excluding tert-OH is 1. The first kappa shape index (κ1) is 41.8. The lowest BCUT2D eigenvalue weighted by Gasteiger charge is -2.46. The number of carbonyl (C=O) groups is 4. The number of fused-ring (bicyclic) bond motifs is 3. The lowest BCUT2D eigenvalue weighted by atomic mass is 9.65. The highest BCUT2D eigenvalue weighted by molar-refractivity contribution is 6.24. The SMILES string of the molecule is COCCOC(=O)N1C(=O)[C@@]2(c3ccccc31)[C@H](c1ccccc1OCCO)N1[C@H](c3ccccc3)[C@H](c3ccccc3)OC(=O)[C@H]1[C@@H]2C(=O)Nc1ccc(N2CCOCC2)cc1. The van der Waals surface area contributed by atoms with E-state index in [4.69, 9.17) is 23.7 Å². The minimum absolute atomic E-state index is 0.0788. The summed E-state index contributed by atoms with van der Waals surface area (Å²) >= 11 is 0. The van der Waals surface area contributed by atoms with Gasteiger partial charge in [0.1, 0.15) is 36.5 Å². The number of imide groups is 1.